The van der Waals surface area contributed by atoms with E-state index < -0.39 is 17.6 Å². The Morgan fingerprint density at radius 3 is 2.50 bits per heavy atom. The van der Waals surface area contributed by atoms with Gasteiger partial charge in [0.2, 0.25) is 0 Å². The average molecular weight is 443 g/mol. The molecule has 0 aliphatic heterocycles. The molecule has 2 amide bonds. The number of hydrogen-bond donors (Lipinski definition) is 3. The molecule has 9 heteroatoms. The van der Waals surface area contributed by atoms with Crippen molar-refractivity contribution in [2.75, 3.05) is 23.8 Å². The molecule has 2 rings (SSSR count). The first-order valence-corrected chi connectivity index (χ1v) is 10.6. The van der Waals surface area contributed by atoms with Crippen LogP contribution in [0.4, 0.5) is 22.1 Å². The van der Waals surface area contributed by atoms with E-state index in [0.717, 1.165) is 11.3 Å². The number of alkyl carbamates (subject to hydrolysis) is 1. The summed E-state index contributed by atoms with van der Waals surface area (Å²) in [5.74, 6) is 0.319. The highest BCUT2D eigenvalue weighted by Gasteiger charge is 2.19. The Labute approximate surface area is 189 Å². The molecule has 32 heavy (non-hydrogen) atoms. The maximum Gasteiger partial charge on any atom is 0.407 e. The van der Waals surface area contributed by atoms with Crippen LogP contribution < -0.4 is 21.3 Å². The van der Waals surface area contributed by atoms with Gasteiger partial charge in [-0.15, -0.1) is 0 Å². The molecule has 0 aliphatic rings. The number of nitrogens with two attached hydrogens (primary N) is 1. The number of amides is 2. The molecule has 1 aromatic heterocycles. The second kappa shape index (κ2) is 10.3. The van der Waals surface area contributed by atoms with Crippen LogP contribution in [-0.2, 0) is 11.2 Å². The van der Waals surface area contributed by atoms with Crippen LogP contribution in [-0.4, -0.2) is 47.2 Å². The molecule has 0 saturated heterocycles. The third-order valence-electron chi connectivity index (χ3n) is 4.66. The highest BCUT2D eigenvalue weighted by atomic mass is 16.6. The van der Waals surface area contributed by atoms with Crippen LogP contribution in [0.1, 0.15) is 56.4 Å². The molecule has 0 spiro atoms. The van der Waals surface area contributed by atoms with E-state index in [9.17, 15) is 9.59 Å². The molecule has 0 saturated carbocycles. The zero-order chi connectivity index (χ0) is 24.1. The number of nitrogens with one attached hydrogen (secondary N) is 2. The number of rotatable bonds is 8. The molecular weight excluding hydrogens is 408 g/mol. The van der Waals surface area contributed by atoms with Crippen molar-refractivity contribution in [2.24, 2.45) is 5.73 Å². The maximum atomic E-state index is 12.0. The number of benzene rings is 1. The topological polar surface area (TPSA) is 122 Å². The van der Waals surface area contributed by atoms with Gasteiger partial charge >= 0.3 is 6.09 Å². The standard InChI is InChI=1S/C23H34N6O3/c1-14(2)29(7)21-15(3)26-18(19(24)30)20(28-21)27-17-10-8-9-16(13-17)11-12-25-22(31)32-23(4,5)6/h8-10,13-14H,11-12H2,1-7H3,(H2,24,30)(H,25,31)(H,27,28). The van der Waals surface area contributed by atoms with Gasteiger partial charge in [0.05, 0.1) is 5.69 Å². The quantitative estimate of drug-likeness (QED) is 0.571. The molecule has 0 atom stereocenters. The van der Waals surface area contributed by atoms with Crippen LogP contribution >= 0.6 is 0 Å². The summed E-state index contributed by atoms with van der Waals surface area (Å²) < 4.78 is 5.25. The lowest BCUT2D eigenvalue weighted by Crippen LogP contribution is -2.33. The maximum absolute atomic E-state index is 12.0. The zero-order valence-electron chi connectivity index (χ0n) is 19.9. The van der Waals surface area contributed by atoms with E-state index in [1.165, 1.54) is 0 Å². The summed E-state index contributed by atoms with van der Waals surface area (Å²) in [5.41, 5.74) is 7.44. The number of aromatic nitrogens is 2. The third-order valence-corrected chi connectivity index (χ3v) is 4.66. The largest absolute Gasteiger partial charge is 0.444 e. The minimum atomic E-state index is -0.653. The molecule has 9 nitrogen and oxygen atoms in total. The highest BCUT2D eigenvalue weighted by Crippen LogP contribution is 2.25. The van der Waals surface area contributed by atoms with Crippen LogP contribution in [0.3, 0.4) is 0 Å². The summed E-state index contributed by atoms with van der Waals surface area (Å²) >= 11 is 0. The van der Waals surface area contributed by atoms with E-state index >= 15 is 0 Å². The third kappa shape index (κ3) is 7.11. The van der Waals surface area contributed by atoms with Crippen molar-refractivity contribution in [2.45, 2.75) is 59.6 Å². The van der Waals surface area contributed by atoms with Gasteiger partial charge in [0.15, 0.2) is 17.3 Å². The van der Waals surface area contributed by atoms with Gasteiger partial charge in [0.1, 0.15) is 5.60 Å². The summed E-state index contributed by atoms with van der Waals surface area (Å²) in [4.78, 5) is 34.8. The Morgan fingerprint density at radius 2 is 1.91 bits per heavy atom. The van der Waals surface area contributed by atoms with Crippen LogP contribution in [0.2, 0.25) is 0 Å². The van der Waals surface area contributed by atoms with Crippen LogP contribution in [0.15, 0.2) is 24.3 Å². The molecule has 0 radical (unpaired) electrons. The molecule has 4 N–H and O–H groups in total. The average Bonchev–Trinajstić information content (AvgIpc) is 2.67. The zero-order valence-corrected chi connectivity index (χ0v) is 19.9. The number of aryl methyl sites for hydroxylation is 1. The predicted octanol–water partition coefficient (Wildman–Crippen LogP) is 3.54. The Hall–Kier alpha value is -3.36. The van der Waals surface area contributed by atoms with Crippen LogP contribution in [0.5, 0.6) is 0 Å². The van der Waals surface area contributed by atoms with Crippen molar-refractivity contribution in [1.29, 1.82) is 0 Å². The van der Waals surface area contributed by atoms with Crippen molar-refractivity contribution in [3.63, 3.8) is 0 Å². The van der Waals surface area contributed by atoms with Gasteiger partial charge in [-0.2, -0.15) is 0 Å². The second-order valence-electron chi connectivity index (χ2n) is 8.90. The molecule has 0 unspecified atom stereocenters. The molecule has 0 aliphatic carbocycles. The smallest absolute Gasteiger partial charge is 0.407 e. The normalized spacial score (nSPS) is 11.2. The van der Waals surface area contributed by atoms with E-state index in [1.54, 1.807) is 6.92 Å². The Morgan fingerprint density at radius 1 is 1.22 bits per heavy atom. The summed E-state index contributed by atoms with van der Waals surface area (Å²) in [6.45, 7) is 11.8. The first kappa shape index (κ1) is 24.9. The van der Waals surface area contributed by atoms with Crippen molar-refractivity contribution in [3.05, 3.63) is 41.2 Å². The van der Waals surface area contributed by atoms with E-state index in [1.807, 2.05) is 70.8 Å². The lowest BCUT2D eigenvalue weighted by Gasteiger charge is -2.25. The van der Waals surface area contributed by atoms with E-state index in [0.29, 0.717) is 30.3 Å². The van der Waals surface area contributed by atoms with Gasteiger partial charge in [-0.1, -0.05) is 12.1 Å². The highest BCUT2D eigenvalue weighted by molar-refractivity contribution is 5.96. The molecule has 1 heterocycles. The number of primary amides is 1. The summed E-state index contributed by atoms with van der Waals surface area (Å²) in [7, 11) is 1.92. The molecule has 2 aromatic rings. The summed E-state index contributed by atoms with van der Waals surface area (Å²) in [6, 6.07) is 7.84. The summed E-state index contributed by atoms with van der Waals surface area (Å²) in [5, 5.41) is 5.92. The second-order valence-corrected chi connectivity index (χ2v) is 8.90. The van der Waals surface area contributed by atoms with Gasteiger partial charge < -0.3 is 26.0 Å². The molecule has 1 aromatic carbocycles. The molecule has 0 fully saturated rings. The van der Waals surface area contributed by atoms with Gasteiger partial charge in [-0.25, -0.2) is 14.8 Å². The Balaban J connectivity index is 2.18. The Bertz CT molecular complexity index is 969. The van der Waals surface area contributed by atoms with Crippen molar-refractivity contribution < 1.29 is 14.3 Å². The van der Waals surface area contributed by atoms with Crippen molar-refractivity contribution in [1.82, 2.24) is 15.3 Å². The van der Waals surface area contributed by atoms with Crippen molar-refractivity contribution in [3.8, 4) is 0 Å². The van der Waals surface area contributed by atoms with E-state index in [2.05, 4.69) is 20.6 Å². The van der Waals surface area contributed by atoms with E-state index in [4.69, 9.17) is 10.5 Å². The summed E-state index contributed by atoms with van der Waals surface area (Å²) in [6.07, 6.45) is 0.160. The van der Waals surface area contributed by atoms with E-state index in [-0.39, 0.29) is 11.7 Å². The fourth-order valence-electron chi connectivity index (χ4n) is 2.91. The lowest BCUT2D eigenvalue weighted by atomic mass is 10.1. The lowest BCUT2D eigenvalue weighted by molar-refractivity contribution is 0.0528. The van der Waals surface area contributed by atoms with Crippen LogP contribution in [0.25, 0.3) is 0 Å². The van der Waals surface area contributed by atoms with Gasteiger partial charge in [0, 0.05) is 25.3 Å². The number of anilines is 3. The predicted molar refractivity (Wildman–Crippen MR) is 126 cm³/mol. The first-order valence-electron chi connectivity index (χ1n) is 10.6. The van der Waals surface area contributed by atoms with Gasteiger partial charge in [-0.05, 0) is 65.7 Å². The molecular formula is C23H34N6O3. The SMILES string of the molecule is Cc1nc(C(N)=O)c(Nc2cccc(CCNC(=O)OC(C)(C)C)c2)nc1N(C)C(C)C. The Kier molecular flexibility index (Phi) is 8.02. The number of carbonyl (C=O) groups is 2. The van der Waals surface area contributed by atoms with Crippen molar-refractivity contribution >= 4 is 29.3 Å². The van der Waals surface area contributed by atoms with Crippen LogP contribution in [0, 0.1) is 6.92 Å². The fraction of sp³-hybridized carbons (Fsp3) is 0.478. The van der Waals surface area contributed by atoms with Gasteiger partial charge in [-0.3, -0.25) is 4.79 Å². The number of ether oxygens (including phenoxy) is 1. The number of hydrogen-bond acceptors (Lipinski definition) is 7. The fourth-order valence-corrected chi connectivity index (χ4v) is 2.91. The minimum absolute atomic E-state index is 0.0837. The monoisotopic (exact) mass is 442 g/mol. The number of nitrogens with zero attached hydrogens (tertiary/aromatic N) is 3. The van der Waals surface area contributed by atoms with Gasteiger partial charge in [0.25, 0.3) is 5.91 Å². The first-order chi connectivity index (χ1) is 14.9. The molecule has 174 valence electrons. The minimum Gasteiger partial charge on any atom is -0.444 e. The number of carbonyl (C=O) groups excluding carboxylic acids is 2. The molecule has 0 bridgehead atoms.